The van der Waals surface area contributed by atoms with Crippen LogP contribution in [0.2, 0.25) is 0 Å². The van der Waals surface area contributed by atoms with Crippen LogP contribution in [0.3, 0.4) is 0 Å². The first-order chi connectivity index (χ1) is 6.72. The third-order valence-corrected chi connectivity index (χ3v) is 2.52. The zero-order valence-electron chi connectivity index (χ0n) is 9.29. The number of benzene rings is 1. The van der Waals surface area contributed by atoms with Gasteiger partial charge in [-0.05, 0) is 43.7 Å². The molecule has 1 aromatic rings. The summed E-state index contributed by atoms with van der Waals surface area (Å²) in [6, 6.07) is 9.20. The standard InChI is InChI=1S/C13H21N/c1-3-12-7-5-9-13(10-12)8-4-6-11(2)14/h5,7,9-11H,3-4,6,8,14H2,1-2H3. The second kappa shape index (κ2) is 5.82. The summed E-state index contributed by atoms with van der Waals surface area (Å²) >= 11 is 0. The van der Waals surface area contributed by atoms with Gasteiger partial charge in [-0.25, -0.2) is 0 Å². The molecule has 0 amide bonds. The predicted molar refractivity (Wildman–Crippen MR) is 62.4 cm³/mol. The Bertz CT molecular complexity index is 266. The van der Waals surface area contributed by atoms with E-state index in [0.29, 0.717) is 6.04 Å². The van der Waals surface area contributed by atoms with Crippen LogP contribution in [-0.2, 0) is 12.8 Å². The molecule has 1 nitrogen and oxygen atoms in total. The highest BCUT2D eigenvalue weighted by atomic mass is 14.6. The van der Waals surface area contributed by atoms with Crippen LogP contribution in [-0.4, -0.2) is 6.04 Å². The van der Waals surface area contributed by atoms with Gasteiger partial charge in [-0.2, -0.15) is 0 Å². The summed E-state index contributed by atoms with van der Waals surface area (Å²) in [6.07, 6.45) is 4.61. The first-order valence-corrected chi connectivity index (χ1v) is 5.55. The van der Waals surface area contributed by atoms with E-state index in [4.69, 9.17) is 5.73 Å². The lowest BCUT2D eigenvalue weighted by atomic mass is 10.0. The van der Waals surface area contributed by atoms with Crippen molar-refractivity contribution in [2.24, 2.45) is 5.73 Å². The van der Waals surface area contributed by atoms with Crippen molar-refractivity contribution in [3.63, 3.8) is 0 Å². The minimum Gasteiger partial charge on any atom is -0.328 e. The average Bonchev–Trinajstić information content (AvgIpc) is 2.18. The van der Waals surface area contributed by atoms with Crippen molar-refractivity contribution in [3.8, 4) is 0 Å². The zero-order valence-corrected chi connectivity index (χ0v) is 9.29. The molecule has 0 aliphatic heterocycles. The van der Waals surface area contributed by atoms with Gasteiger partial charge in [0.2, 0.25) is 0 Å². The Hall–Kier alpha value is -0.820. The van der Waals surface area contributed by atoms with Gasteiger partial charge in [0.25, 0.3) is 0 Å². The van der Waals surface area contributed by atoms with Crippen molar-refractivity contribution in [2.45, 2.75) is 45.6 Å². The summed E-state index contributed by atoms with van der Waals surface area (Å²) < 4.78 is 0. The van der Waals surface area contributed by atoms with Crippen LogP contribution < -0.4 is 5.73 Å². The molecule has 14 heavy (non-hydrogen) atoms. The molecule has 1 rings (SSSR count). The smallest absolute Gasteiger partial charge is 0.00105 e. The van der Waals surface area contributed by atoms with Crippen LogP contribution in [0.4, 0.5) is 0 Å². The summed E-state index contributed by atoms with van der Waals surface area (Å²) in [5.74, 6) is 0. The van der Waals surface area contributed by atoms with Crippen molar-refractivity contribution < 1.29 is 0 Å². The predicted octanol–water partition coefficient (Wildman–Crippen LogP) is 2.92. The molecule has 1 atom stereocenters. The molecule has 0 heterocycles. The maximum absolute atomic E-state index is 5.71. The number of aryl methyl sites for hydroxylation is 2. The normalized spacial score (nSPS) is 12.8. The van der Waals surface area contributed by atoms with Crippen molar-refractivity contribution in [3.05, 3.63) is 35.4 Å². The van der Waals surface area contributed by atoms with Crippen molar-refractivity contribution in [2.75, 3.05) is 0 Å². The molecular formula is C13H21N. The molecule has 2 N–H and O–H groups in total. The Morgan fingerprint density at radius 3 is 2.64 bits per heavy atom. The Kier molecular flexibility index (Phi) is 4.68. The van der Waals surface area contributed by atoms with Crippen LogP contribution in [0.1, 0.15) is 37.8 Å². The van der Waals surface area contributed by atoms with E-state index in [0.717, 1.165) is 19.3 Å². The van der Waals surface area contributed by atoms with Gasteiger partial charge in [0.1, 0.15) is 0 Å². The van der Waals surface area contributed by atoms with Gasteiger partial charge in [-0.1, -0.05) is 31.2 Å². The van der Waals surface area contributed by atoms with E-state index < -0.39 is 0 Å². The topological polar surface area (TPSA) is 26.0 Å². The number of hydrogen-bond acceptors (Lipinski definition) is 1. The molecule has 0 fully saturated rings. The van der Waals surface area contributed by atoms with E-state index in [2.05, 4.69) is 38.1 Å². The van der Waals surface area contributed by atoms with Gasteiger partial charge < -0.3 is 5.73 Å². The molecular weight excluding hydrogens is 170 g/mol. The van der Waals surface area contributed by atoms with Gasteiger partial charge in [0.05, 0.1) is 0 Å². The maximum Gasteiger partial charge on any atom is 0.00105 e. The quantitative estimate of drug-likeness (QED) is 0.761. The van der Waals surface area contributed by atoms with Gasteiger partial charge >= 0.3 is 0 Å². The number of hydrogen-bond donors (Lipinski definition) is 1. The second-order valence-corrected chi connectivity index (χ2v) is 4.04. The monoisotopic (exact) mass is 191 g/mol. The molecule has 1 heteroatoms. The lowest BCUT2D eigenvalue weighted by Gasteiger charge is -2.05. The molecule has 0 bridgehead atoms. The molecule has 0 spiro atoms. The molecule has 0 aliphatic carbocycles. The van der Waals surface area contributed by atoms with Crippen LogP contribution in [0.5, 0.6) is 0 Å². The molecule has 78 valence electrons. The Morgan fingerprint density at radius 1 is 1.29 bits per heavy atom. The van der Waals surface area contributed by atoms with Crippen LogP contribution >= 0.6 is 0 Å². The van der Waals surface area contributed by atoms with Gasteiger partial charge in [-0.15, -0.1) is 0 Å². The van der Waals surface area contributed by atoms with Crippen molar-refractivity contribution >= 4 is 0 Å². The molecule has 1 aromatic carbocycles. The van der Waals surface area contributed by atoms with E-state index in [9.17, 15) is 0 Å². The highest BCUT2D eigenvalue weighted by molar-refractivity contribution is 5.23. The molecule has 0 saturated heterocycles. The van der Waals surface area contributed by atoms with Gasteiger partial charge in [0.15, 0.2) is 0 Å². The summed E-state index contributed by atoms with van der Waals surface area (Å²) in [4.78, 5) is 0. The Morgan fingerprint density at radius 2 is 2.00 bits per heavy atom. The number of nitrogens with two attached hydrogens (primary N) is 1. The zero-order chi connectivity index (χ0) is 10.4. The highest BCUT2D eigenvalue weighted by Crippen LogP contribution is 2.09. The Labute approximate surface area is 87.3 Å². The first kappa shape index (κ1) is 11.3. The summed E-state index contributed by atoms with van der Waals surface area (Å²) in [6.45, 7) is 4.27. The van der Waals surface area contributed by atoms with E-state index >= 15 is 0 Å². The lowest BCUT2D eigenvalue weighted by Crippen LogP contribution is -2.14. The Balaban J connectivity index is 2.42. The minimum absolute atomic E-state index is 0.337. The lowest BCUT2D eigenvalue weighted by molar-refractivity contribution is 0.624. The largest absolute Gasteiger partial charge is 0.328 e. The maximum atomic E-state index is 5.71. The van der Waals surface area contributed by atoms with Gasteiger partial charge in [0, 0.05) is 6.04 Å². The highest BCUT2D eigenvalue weighted by Gasteiger charge is 1.97. The fourth-order valence-corrected chi connectivity index (χ4v) is 1.63. The van der Waals surface area contributed by atoms with Crippen molar-refractivity contribution in [1.29, 1.82) is 0 Å². The van der Waals surface area contributed by atoms with Crippen LogP contribution in [0.15, 0.2) is 24.3 Å². The molecule has 0 saturated carbocycles. The van der Waals surface area contributed by atoms with Crippen molar-refractivity contribution in [1.82, 2.24) is 0 Å². The summed E-state index contributed by atoms with van der Waals surface area (Å²) in [7, 11) is 0. The fourth-order valence-electron chi connectivity index (χ4n) is 1.63. The molecule has 0 aliphatic rings. The summed E-state index contributed by atoms with van der Waals surface area (Å²) in [5.41, 5.74) is 8.60. The van der Waals surface area contributed by atoms with E-state index in [1.807, 2.05) is 0 Å². The summed E-state index contributed by atoms with van der Waals surface area (Å²) in [5, 5.41) is 0. The third kappa shape index (κ3) is 3.93. The van der Waals surface area contributed by atoms with Crippen LogP contribution in [0, 0.1) is 0 Å². The first-order valence-electron chi connectivity index (χ1n) is 5.55. The molecule has 0 radical (unpaired) electrons. The average molecular weight is 191 g/mol. The van der Waals surface area contributed by atoms with E-state index in [1.165, 1.54) is 17.5 Å². The van der Waals surface area contributed by atoms with Crippen LogP contribution in [0.25, 0.3) is 0 Å². The molecule has 1 unspecified atom stereocenters. The SMILES string of the molecule is CCc1cccc(CCCC(C)N)c1. The van der Waals surface area contributed by atoms with Gasteiger partial charge in [-0.3, -0.25) is 0 Å². The van der Waals surface area contributed by atoms with E-state index in [-0.39, 0.29) is 0 Å². The second-order valence-electron chi connectivity index (χ2n) is 4.04. The number of rotatable bonds is 5. The fraction of sp³-hybridized carbons (Fsp3) is 0.538. The molecule has 0 aromatic heterocycles. The minimum atomic E-state index is 0.337. The van der Waals surface area contributed by atoms with E-state index in [1.54, 1.807) is 0 Å². The third-order valence-electron chi connectivity index (χ3n) is 2.52.